The maximum atomic E-state index is 14.4. The fraction of sp³-hybridized carbons (Fsp3) is 0.280. The Morgan fingerprint density at radius 3 is 1.98 bits per heavy atom. The van der Waals surface area contributed by atoms with Crippen LogP contribution >= 0.6 is 22.6 Å². The number of phenols is 1. The summed E-state index contributed by atoms with van der Waals surface area (Å²) in [5, 5.41) is 36.2. The molecule has 60 heavy (non-hydrogen) atoms. The van der Waals surface area contributed by atoms with Gasteiger partial charge in [0.05, 0.1) is 47.5 Å². The fourth-order valence-electron chi connectivity index (χ4n) is 9.31. The van der Waals surface area contributed by atoms with Crippen LogP contribution in [0.4, 0.5) is 5.69 Å². The van der Waals surface area contributed by atoms with Crippen LogP contribution in [0.2, 0.25) is 5.04 Å². The number of carbonyl (C=O) groups is 2. The van der Waals surface area contributed by atoms with Crippen molar-refractivity contribution < 1.29 is 34.1 Å². The minimum absolute atomic E-state index is 0.0723. The Morgan fingerprint density at radius 2 is 1.43 bits per heavy atom. The third-order valence-corrected chi connectivity index (χ3v) is 17.9. The number of hydrogen-bond donors (Lipinski definition) is 3. The van der Waals surface area contributed by atoms with E-state index in [2.05, 4.69) is 67.6 Å². The zero-order valence-electron chi connectivity index (χ0n) is 34.4. The van der Waals surface area contributed by atoms with Crippen molar-refractivity contribution >= 4 is 70.4 Å². The van der Waals surface area contributed by atoms with E-state index >= 15 is 0 Å². The number of anilines is 1. The molecule has 1 aliphatic heterocycles. The molecule has 7 rings (SSSR count). The number of halogens is 1. The van der Waals surface area contributed by atoms with Crippen LogP contribution in [-0.2, 0) is 14.0 Å². The van der Waals surface area contributed by atoms with Gasteiger partial charge >= 0.3 is 0 Å². The molecule has 0 radical (unpaired) electrons. The average Bonchev–Trinajstić information content (AvgIpc) is 3.51. The van der Waals surface area contributed by atoms with Crippen molar-refractivity contribution in [3.05, 3.63) is 159 Å². The number of aliphatic hydroxyl groups is 2. The number of nitrogens with zero attached hydrogens (tertiary/aromatic N) is 1. The zero-order valence-corrected chi connectivity index (χ0v) is 37.6. The van der Waals surface area contributed by atoms with Crippen LogP contribution in [0.1, 0.15) is 51.2 Å². The van der Waals surface area contributed by atoms with Crippen molar-refractivity contribution in [3.63, 3.8) is 0 Å². The first kappa shape index (κ1) is 43.2. The van der Waals surface area contributed by atoms with Crippen LogP contribution < -0.4 is 20.0 Å². The fourth-order valence-corrected chi connectivity index (χ4v) is 14.5. The van der Waals surface area contributed by atoms with Crippen molar-refractivity contribution in [3.8, 4) is 11.5 Å². The largest absolute Gasteiger partial charge is 0.504 e. The molecule has 5 aromatic carbocycles. The third-order valence-electron chi connectivity index (χ3n) is 12.1. The van der Waals surface area contributed by atoms with Crippen molar-refractivity contribution in [2.45, 2.75) is 51.2 Å². The first-order valence-corrected chi connectivity index (χ1v) is 23.4. The predicted octanol–water partition coefficient (Wildman–Crippen LogP) is 8.38. The number of aromatic hydroxyl groups is 1. The molecule has 0 bridgehead atoms. The number of amides is 2. The Bertz CT molecular complexity index is 2320. The molecule has 4 atom stereocenters. The minimum Gasteiger partial charge on any atom is -0.504 e. The number of ether oxygens (including phenoxy) is 1. The molecular weight excluding hydrogens is 882 g/mol. The molecule has 5 aromatic rings. The Kier molecular flexibility index (Phi) is 13.3. The summed E-state index contributed by atoms with van der Waals surface area (Å²) in [7, 11) is -1.56. The van der Waals surface area contributed by atoms with Gasteiger partial charge in [0, 0.05) is 5.92 Å². The van der Waals surface area contributed by atoms with E-state index < -0.39 is 38.8 Å². The van der Waals surface area contributed by atoms with Crippen LogP contribution in [0.5, 0.6) is 11.5 Å². The van der Waals surface area contributed by atoms with Crippen molar-refractivity contribution in [1.29, 1.82) is 0 Å². The smallest absolute Gasteiger partial charge is 0.261 e. The molecule has 2 aliphatic rings. The normalized spacial score (nSPS) is 19.1. The first-order valence-electron chi connectivity index (χ1n) is 20.4. The maximum Gasteiger partial charge on any atom is 0.261 e. The van der Waals surface area contributed by atoms with E-state index in [1.807, 2.05) is 84.9 Å². The van der Waals surface area contributed by atoms with Crippen LogP contribution in [0, 0.1) is 21.3 Å². The minimum atomic E-state index is -3.08. The molecule has 0 aromatic heterocycles. The summed E-state index contributed by atoms with van der Waals surface area (Å²) >= 11 is 2.08. The molecule has 1 saturated heterocycles. The summed E-state index contributed by atoms with van der Waals surface area (Å²) < 4.78 is 13.6. The quantitative estimate of drug-likeness (QED) is 0.0337. The van der Waals surface area contributed by atoms with Gasteiger partial charge in [-0.15, -0.1) is 0 Å². The molecule has 0 spiro atoms. The van der Waals surface area contributed by atoms with Gasteiger partial charge in [0.1, 0.15) is 0 Å². The average molecular weight is 934 g/mol. The summed E-state index contributed by atoms with van der Waals surface area (Å²) in [5.74, 6) is -2.63. The van der Waals surface area contributed by atoms with Crippen molar-refractivity contribution in [2.75, 3.05) is 25.2 Å². The monoisotopic (exact) mass is 933 g/mol. The summed E-state index contributed by atoms with van der Waals surface area (Å²) in [5.41, 5.74) is 4.54. The Hall–Kier alpha value is -4.85. The van der Waals surface area contributed by atoms with Crippen LogP contribution in [0.25, 0.3) is 11.6 Å². The van der Waals surface area contributed by atoms with Gasteiger partial charge < -0.3 is 24.5 Å². The van der Waals surface area contributed by atoms with E-state index in [9.17, 15) is 24.9 Å². The maximum absolute atomic E-state index is 14.4. The molecule has 310 valence electrons. The van der Waals surface area contributed by atoms with Gasteiger partial charge in [0.15, 0.2) is 11.5 Å². The van der Waals surface area contributed by atoms with E-state index in [1.54, 1.807) is 30.3 Å². The van der Waals surface area contributed by atoms with Gasteiger partial charge in [-0.1, -0.05) is 136 Å². The number of hydrogen-bond acceptors (Lipinski definition) is 7. The summed E-state index contributed by atoms with van der Waals surface area (Å²) in [6.45, 7) is 6.30. The van der Waals surface area contributed by atoms with Gasteiger partial charge in [0.2, 0.25) is 11.8 Å². The molecule has 2 amide bonds. The van der Waals surface area contributed by atoms with Crippen LogP contribution in [-0.4, -0.2) is 61.9 Å². The molecule has 1 aliphatic carbocycles. The van der Waals surface area contributed by atoms with Gasteiger partial charge in [-0.25, -0.2) is 0 Å². The highest BCUT2D eigenvalue weighted by Crippen LogP contribution is 2.48. The van der Waals surface area contributed by atoms with Gasteiger partial charge in [-0.3, -0.25) is 14.5 Å². The van der Waals surface area contributed by atoms with Gasteiger partial charge in [-0.2, -0.15) is 0 Å². The van der Waals surface area contributed by atoms with Crippen molar-refractivity contribution in [2.24, 2.45) is 17.8 Å². The Balaban J connectivity index is 1.32. The number of fused-ring (bicyclic) bond motifs is 1. The number of phenolic OH excluding ortho intramolecular Hbond substituents is 1. The second-order valence-electron chi connectivity index (χ2n) is 16.6. The highest BCUT2D eigenvalue weighted by atomic mass is 127. The predicted molar refractivity (Wildman–Crippen MR) is 249 cm³/mol. The highest BCUT2D eigenvalue weighted by Gasteiger charge is 2.56. The molecular formula is C50H52INO7Si. The second kappa shape index (κ2) is 18.4. The number of benzene rings is 5. The number of aliphatic hydroxyl groups excluding tert-OH is 2. The lowest BCUT2D eigenvalue weighted by atomic mass is 9.68. The molecule has 8 nitrogen and oxygen atoms in total. The highest BCUT2D eigenvalue weighted by molar-refractivity contribution is 14.1. The first-order chi connectivity index (χ1) is 28.9. The Morgan fingerprint density at radius 1 is 0.867 bits per heavy atom. The molecule has 1 fully saturated rings. The lowest BCUT2D eigenvalue weighted by Gasteiger charge is -2.44. The lowest BCUT2D eigenvalue weighted by Crippen LogP contribution is -2.66. The molecule has 1 heterocycles. The number of imide groups is 1. The number of methoxy groups -OCH3 is 1. The zero-order chi connectivity index (χ0) is 42.6. The topological polar surface area (TPSA) is 117 Å². The number of allylic oxidation sites excluding steroid dienone is 1. The summed E-state index contributed by atoms with van der Waals surface area (Å²) in [6.07, 6.45) is 1.88. The van der Waals surface area contributed by atoms with E-state index in [0.29, 0.717) is 27.0 Å². The van der Waals surface area contributed by atoms with E-state index in [1.165, 1.54) is 12.0 Å². The van der Waals surface area contributed by atoms with E-state index in [0.717, 1.165) is 32.6 Å². The second-order valence-corrected chi connectivity index (χ2v) is 22.1. The number of carbonyl (C=O) groups excluding carboxylic acids is 2. The van der Waals surface area contributed by atoms with Gasteiger partial charge in [-0.05, 0) is 109 Å². The summed E-state index contributed by atoms with van der Waals surface area (Å²) in [4.78, 5) is 30.0. The van der Waals surface area contributed by atoms with Crippen LogP contribution in [0.15, 0.2) is 145 Å². The van der Waals surface area contributed by atoms with Crippen LogP contribution in [0.3, 0.4) is 0 Å². The molecule has 3 N–H and O–H groups in total. The van der Waals surface area contributed by atoms with E-state index in [-0.39, 0.29) is 42.1 Å². The number of rotatable bonds is 14. The Labute approximate surface area is 367 Å². The van der Waals surface area contributed by atoms with E-state index in [4.69, 9.17) is 9.16 Å². The molecule has 10 heteroatoms. The van der Waals surface area contributed by atoms with Gasteiger partial charge in [0.25, 0.3) is 8.32 Å². The summed E-state index contributed by atoms with van der Waals surface area (Å²) in [6, 6.07) is 43.1. The SMILES string of the molecule is COc1cc(/C=C(/CC[C@@H](O)C2=C(CO[Si](c3ccccc3)(c3ccccc3)C(C)(C)C)C[C@H]3C(=O)N(c4ccccc4)C(=O)[C@H]3[C@H]2CO)c2ccccc2)cc(I)c1O. The molecule has 0 saturated carbocycles. The third kappa shape index (κ3) is 8.40. The lowest BCUT2D eigenvalue weighted by molar-refractivity contribution is -0.123. The van der Waals surface area contributed by atoms with Crippen molar-refractivity contribution in [1.82, 2.24) is 0 Å². The molecule has 0 unspecified atom stereocenters. The number of para-hydroxylation sites is 1. The standard InChI is InChI=1S/C50H52INO7Si/c1-50(2,3)60(38-21-13-7-14-22-38,39-23-15-8-16-24-39)59-32-36-30-40-46(49(57)52(48(40)56)37-19-11-6-12-20-37)41(31-53)45(36)43(54)26-25-35(34-17-9-5-10-18-34)27-33-28-42(51)47(55)44(29-33)58-4/h5-24,27-29,40-41,43,46,53-55H,25-26,30-32H2,1-4H3/b35-27-/t40-,41+,43-,46-/m1/s1.